The fourth-order valence-corrected chi connectivity index (χ4v) is 3.94. The Bertz CT molecular complexity index is 573. The molecule has 0 spiro atoms. The van der Waals surface area contributed by atoms with Crippen molar-refractivity contribution in [3.8, 4) is 0 Å². The van der Waals surface area contributed by atoms with Crippen LogP contribution < -0.4 is 11.1 Å². The summed E-state index contributed by atoms with van der Waals surface area (Å²) in [6.45, 7) is 6.22. The molecule has 0 aromatic heterocycles. The largest absolute Gasteiger partial charge is 0.325 e. The molecule has 1 aromatic carbocycles. The van der Waals surface area contributed by atoms with E-state index >= 15 is 0 Å². The van der Waals surface area contributed by atoms with Crippen molar-refractivity contribution in [2.24, 2.45) is 11.7 Å². The number of nitrogens with one attached hydrogen (secondary N) is 1. The topological polar surface area (TPSA) is 55.1 Å². The van der Waals surface area contributed by atoms with Gasteiger partial charge in [-0.25, -0.2) is 0 Å². The van der Waals surface area contributed by atoms with Gasteiger partial charge in [-0.1, -0.05) is 25.3 Å². The van der Waals surface area contributed by atoms with Gasteiger partial charge in [-0.3, -0.25) is 4.79 Å². The van der Waals surface area contributed by atoms with Crippen LogP contribution in [0.25, 0.3) is 0 Å². The molecule has 3 N–H and O–H groups in total. The van der Waals surface area contributed by atoms with Crippen LogP contribution >= 0.6 is 0 Å². The normalized spacial score (nSPS) is 23.8. The second kappa shape index (κ2) is 5.45. The lowest BCUT2D eigenvalue weighted by Crippen LogP contribution is -2.24. The zero-order valence-corrected chi connectivity index (χ0v) is 13.3. The van der Waals surface area contributed by atoms with E-state index in [1.807, 2.05) is 6.92 Å². The Morgan fingerprint density at radius 1 is 1.19 bits per heavy atom. The van der Waals surface area contributed by atoms with Gasteiger partial charge in [0.05, 0.1) is 5.92 Å². The van der Waals surface area contributed by atoms with Gasteiger partial charge in [0.15, 0.2) is 0 Å². The molecule has 2 aliphatic rings. The summed E-state index contributed by atoms with van der Waals surface area (Å²) >= 11 is 0. The van der Waals surface area contributed by atoms with Crippen LogP contribution in [0.3, 0.4) is 0 Å². The van der Waals surface area contributed by atoms with Crippen LogP contribution in [0.5, 0.6) is 0 Å². The van der Waals surface area contributed by atoms with Crippen LogP contribution in [0.4, 0.5) is 5.69 Å². The van der Waals surface area contributed by atoms with Crippen molar-refractivity contribution in [2.45, 2.75) is 64.8 Å². The van der Waals surface area contributed by atoms with Gasteiger partial charge >= 0.3 is 0 Å². The molecular weight excluding hydrogens is 260 g/mol. The molecule has 1 amide bonds. The van der Waals surface area contributed by atoms with E-state index in [-0.39, 0.29) is 17.9 Å². The number of amides is 1. The van der Waals surface area contributed by atoms with E-state index in [0.717, 1.165) is 11.3 Å². The van der Waals surface area contributed by atoms with E-state index in [9.17, 15) is 4.79 Å². The molecule has 2 atom stereocenters. The third kappa shape index (κ3) is 2.38. The summed E-state index contributed by atoms with van der Waals surface area (Å²) in [6, 6.07) is 2.30. The Morgan fingerprint density at radius 3 is 2.52 bits per heavy atom. The highest BCUT2D eigenvalue weighted by molar-refractivity contribution is 6.03. The van der Waals surface area contributed by atoms with Crippen molar-refractivity contribution in [3.05, 3.63) is 28.3 Å². The van der Waals surface area contributed by atoms with E-state index < -0.39 is 0 Å². The predicted octanol–water partition coefficient (Wildman–Crippen LogP) is 3.94. The number of hydrogen-bond acceptors (Lipinski definition) is 2. The highest BCUT2D eigenvalue weighted by Gasteiger charge is 2.31. The van der Waals surface area contributed by atoms with Crippen molar-refractivity contribution in [3.63, 3.8) is 0 Å². The molecule has 21 heavy (non-hydrogen) atoms. The van der Waals surface area contributed by atoms with E-state index in [2.05, 4.69) is 25.2 Å². The Balaban J connectivity index is 2.00. The fraction of sp³-hybridized carbons (Fsp3) is 0.611. The summed E-state index contributed by atoms with van der Waals surface area (Å²) in [5.74, 6) is 0.641. The molecule has 1 aliphatic carbocycles. The third-order valence-electron chi connectivity index (χ3n) is 5.59. The van der Waals surface area contributed by atoms with E-state index in [1.165, 1.54) is 48.8 Å². The lowest BCUT2D eigenvalue weighted by Gasteiger charge is -2.30. The van der Waals surface area contributed by atoms with Crippen LogP contribution in [-0.4, -0.2) is 5.91 Å². The summed E-state index contributed by atoms with van der Waals surface area (Å²) in [4.78, 5) is 11.9. The van der Waals surface area contributed by atoms with Gasteiger partial charge in [0.2, 0.25) is 5.91 Å². The Labute approximate surface area is 127 Å². The lowest BCUT2D eigenvalue weighted by molar-refractivity contribution is -0.116. The molecule has 0 radical (unpaired) electrons. The van der Waals surface area contributed by atoms with E-state index in [0.29, 0.717) is 5.92 Å². The smallest absolute Gasteiger partial charge is 0.231 e. The molecule has 1 saturated carbocycles. The molecule has 1 heterocycles. The van der Waals surface area contributed by atoms with Crippen molar-refractivity contribution >= 4 is 11.6 Å². The minimum absolute atomic E-state index is 0.0587. The molecule has 1 fully saturated rings. The first-order valence-electron chi connectivity index (χ1n) is 8.21. The Hall–Kier alpha value is -1.35. The average molecular weight is 286 g/mol. The molecule has 1 aromatic rings. The average Bonchev–Trinajstić information content (AvgIpc) is 2.79. The number of carbonyl (C=O) groups is 1. The molecule has 3 rings (SSSR count). The quantitative estimate of drug-likeness (QED) is 0.865. The first-order chi connectivity index (χ1) is 10.0. The molecule has 0 saturated heterocycles. The lowest BCUT2D eigenvalue weighted by atomic mass is 9.79. The van der Waals surface area contributed by atoms with Gasteiger partial charge in [-0.2, -0.15) is 0 Å². The van der Waals surface area contributed by atoms with Crippen molar-refractivity contribution in [1.29, 1.82) is 0 Å². The minimum Gasteiger partial charge on any atom is -0.325 e. The summed E-state index contributed by atoms with van der Waals surface area (Å²) in [5, 5.41) is 3.02. The number of hydrogen-bond donors (Lipinski definition) is 2. The molecule has 3 nitrogen and oxygen atoms in total. The standard InChI is InChI=1S/C18H26N2O/c1-10-11(2)17-15(12(3)18(21)20-17)9-14(10)16(19)13-7-5-4-6-8-13/h9,12-13,16H,4-8,19H2,1-3H3,(H,20,21). The summed E-state index contributed by atoms with van der Waals surface area (Å²) in [5.41, 5.74) is 12.4. The van der Waals surface area contributed by atoms with Crippen LogP contribution in [-0.2, 0) is 4.79 Å². The van der Waals surface area contributed by atoms with Gasteiger partial charge < -0.3 is 11.1 Å². The van der Waals surface area contributed by atoms with Crippen LogP contribution in [0.15, 0.2) is 6.07 Å². The maximum absolute atomic E-state index is 11.9. The number of fused-ring (bicyclic) bond motifs is 1. The second-order valence-corrected chi connectivity index (χ2v) is 6.81. The molecular formula is C18H26N2O. The first kappa shape index (κ1) is 14.6. The highest BCUT2D eigenvalue weighted by atomic mass is 16.2. The number of nitrogens with two attached hydrogens (primary N) is 1. The maximum atomic E-state index is 11.9. The SMILES string of the molecule is Cc1c(C(N)C2CCCCC2)cc2c(c1C)NC(=O)C2C. The number of rotatable bonds is 2. The number of anilines is 1. The van der Waals surface area contributed by atoms with Gasteiger partial charge in [-0.15, -0.1) is 0 Å². The number of carbonyl (C=O) groups excluding carboxylic acids is 1. The molecule has 0 bridgehead atoms. The van der Waals surface area contributed by atoms with Crippen molar-refractivity contribution in [2.75, 3.05) is 5.32 Å². The Morgan fingerprint density at radius 2 is 1.86 bits per heavy atom. The van der Waals surface area contributed by atoms with Crippen LogP contribution in [0.1, 0.15) is 73.2 Å². The van der Waals surface area contributed by atoms with Gasteiger partial charge in [-0.05, 0) is 61.8 Å². The summed E-state index contributed by atoms with van der Waals surface area (Å²) < 4.78 is 0. The summed E-state index contributed by atoms with van der Waals surface area (Å²) in [7, 11) is 0. The number of benzene rings is 1. The fourth-order valence-electron chi connectivity index (χ4n) is 3.94. The van der Waals surface area contributed by atoms with E-state index in [1.54, 1.807) is 0 Å². The zero-order valence-electron chi connectivity index (χ0n) is 13.3. The molecule has 1 aliphatic heterocycles. The molecule has 2 unspecified atom stereocenters. The predicted molar refractivity (Wildman–Crippen MR) is 86.5 cm³/mol. The molecule has 114 valence electrons. The minimum atomic E-state index is -0.0587. The highest BCUT2D eigenvalue weighted by Crippen LogP contribution is 2.41. The monoisotopic (exact) mass is 286 g/mol. The van der Waals surface area contributed by atoms with Crippen LogP contribution in [0, 0.1) is 19.8 Å². The summed E-state index contributed by atoms with van der Waals surface area (Å²) in [6.07, 6.45) is 6.43. The Kier molecular flexibility index (Phi) is 3.78. The van der Waals surface area contributed by atoms with E-state index in [4.69, 9.17) is 5.73 Å². The zero-order chi connectivity index (χ0) is 15.1. The van der Waals surface area contributed by atoms with Gasteiger partial charge in [0.1, 0.15) is 0 Å². The second-order valence-electron chi connectivity index (χ2n) is 6.81. The third-order valence-corrected chi connectivity index (χ3v) is 5.59. The molecule has 3 heteroatoms. The van der Waals surface area contributed by atoms with Crippen LogP contribution in [0.2, 0.25) is 0 Å². The first-order valence-corrected chi connectivity index (χ1v) is 8.21. The van der Waals surface area contributed by atoms with Crippen molar-refractivity contribution < 1.29 is 4.79 Å². The van der Waals surface area contributed by atoms with Gasteiger partial charge in [0, 0.05) is 11.7 Å². The van der Waals surface area contributed by atoms with Gasteiger partial charge in [0.25, 0.3) is 0 Å². The maximum Gasteiger partial charge on any atom is 0.231 e. The van der Waals surface area contributed by atoms with Crippen molar-refractivity contribution in [1.82, 2.24) is 0 Å².